The molecule has 0 radical (unpaired) electrons. The van der Waals surface area contributed by atoms with Crippen molar-refractivity contribution in [3.63, 3.8) is 0 Å². The lowest BCUT2D eigenvalue weighted by molar-refractivity contribution is 0.0735. The van der Waals surface area contributed by atoms with Gasteiger partial charge >= 0.3 is 5.97 Å². The molecule has 0 bridgehead atoms. The molecule has 0 spiro atoms. The summed E-state index contributed by atoms with van der Waals surface area (Å²) in [6, 6.07) is 24.3. The van der Waals surface area contributed by atoms with Gasteiger partial charge in [-0.1, -0.05) is 66.2 Å². The van der Waals surface area contributed by atoms with Crippen LogP contribution < -0.4 is 14.8 Å². The summed E-state index contributed by atoms with van der Waals surface area (Å²) in [6.07, 6.45) is 0. The number of esters is 1. The number of methoxy groups -OCH3 is 1. The molecule has 1 amide bonds. The smallest absolute Gasteiger partial charge is 0.343 e. The monoisotopic (exact) mass is 431 g/mol. The Morgan fingerprint density at radius 3 is 2.19 bits per heavy atom. The van der Waals surface area contributed by atoms with E-state index in [2.05, 4.69) is 5.32 Å². The lowest BCUT2D eigenvalue weighted by atomic mass is 10.0. The number of rotatable bonds is 5. The molecule has 5 nitrogen and oxygen atoms in total. The minimum atomic E-state index is -0.567. The molecule has 0 unspecified atom stereocenters. The van der Waals surface area contributed by atoms with Crippen molar-refractivity contribution >= 4 is 39.9 Å². The van der Waals surface area contributed by atoms with Gasteiger partial charge in [-0.05, 0) is 30.3 Å². The van der Waals surface area contributed by atoms with Gasteiger partial charge in [-0.2, -0.15) is 0 Å². The number of hydrogen-bond donors (Lipinski definition) is 1. The summed E-state index contributed by atoms with van der Waals surface area (Å²) in [5.74, 6) is -0.412. The molecule has 6 heteroatoms. The first-order valence-electron chi connectivity index (χ1n) is 9.51. The number of para-hydroxylation sites is 1. The molecule has 0 saturated heterocycles. The number of anilines is 1. The number of amides is 1. The normalized spacial score (nSPS) is 10.5. The van der Waals surface area contributed by atoms with E-state index in [9.17, 15) is 9.59 Å². The molecule has 0 aliphatic heterocycles. The zero-order chi connectivity index (χ0) is 21.8. The summed E-state index contributed by atoms with van der Waals surface area (Å²) in [5, 5.41) is 4.47. The Balaban J connectivity index is 1.83. The lowest BCUT2D eigenvalue weighted by Crippen LogP contribution is -2.17. The standard InChI is InChI=1S/C25H18ClNO4/c1-30-22-15-19(24(28)27-21-14-8-7-13-20(21)26)23(18-12-6-5-11-17(18)22)31-25(29)16-9-3-2-4-10-16/h2-15H,1H3,(H,27,28). The van der Waals surface area contributed by atoms with Gasteiger partial charge in [0.05, 0.1) is 28.9 Å². The van der Waals surface area contributed by atoms with Gasteiger partial charge in [-0.15, -0.1) is 0 Å². The number of fused-ring (bicyclic) bond motifs is 1. The Morgan fingerprint density at radius 1 is 0.839 bits per heavy atom. The predicted molar refractivity (Wildman–Crippen MR) is 121 cm³/mol. The third kappa shape index (κ3) is 4.22. The average molecular weight is 432 g/mol. The van der Waals surface area contributed by atoms with Crippen molar-refractivity contribution in [1.29, 1.82) is 0 Å². The molecule has 0 aromatic heterocycles. The van der Waals surface area contributed by atoms with E-state index in [0.29, 0.717) is 27.4 Å². The summed E-state index contributed by atoms with van der Waals surface area (Å²) in [5.41, 5.74) is 0.973. The largest absolute Gasteiger partial charge is 0.496 e. The Labute approximate surface area is 184 Å². The van der Waals surface area contributed by atoms with Gasteiger partial charge < -0.3 is 14.8 Å². The number of ether oxygens (including phenoxy) is 2. The number of halogens is 1. The van der Waals surface area contributed by atoms with Gasteiger partial charge in [-0.3, -0.25) is 4.79 Å². The van der Waals surface area contributed by atoms with Gasteiger partial charge in [0.2, 0.25) is 0 Å². The highest BCUT2D eigenvalue weighted by molar-refractivity contribution is 6.34. The van der Waals surface area contributed by atoms with Crippen LogP contribution in [0, 0.1) is 0 Å². The first kappa shape index (κ1) is 20.4. The van der Waals surface area contributed by atoms with Crippen molar-refractivity contribution in [2.24, 2.45) is 0 Å². The fourth-order valence-corrected chi connectivity index (χ4v) is 3.42. The van der Waals surface area contributed by atoms with Crippen LogP contribution >= 0.6 is 11.6 Å². The number of benzene rings is 4. The molecule has 0 fully saturated rings. The number of hydrogen-bond acceptors (Lipinski definition) is 4. The van der Waals surface area contributed by atoms with Gasteiger partial charge in [-0.25, -0.2) is 4.79 Å². The summed E-state index contributed by atoms with van der Waals surface area (Å²) in [7, 11) is 1.52. The van der Waals surface area contributed by atoms with Crippen molar-refractivity contribution in [3.05, 3.63) is 101 Å². The van der Waals surface area contributed by atoms with Crippen molar-refractivity contribution in [1.82, 2.24) is 0 Å². The SMILES string of the molecule is COc1cc(C(=O)Nc2ccccc2Cl)c(OC(=O)c2ccccc2)c2ccccc12. The van der Waals surface area contributed by atoms with E-state index in [1.165, 1.54) is 7.11 Å². The molecule has 4 rings (SSSR count). The molecular formula is C25H18ClNO4. The summed E-state index contributed by atoms with van der Waals surface area (Å²) in [6.45, 7) is 0. The number of carbonyl (C=O) groups is 2. The van der Waals surface area contributed by atoms with Crippen molar-refractivity contribution < 1.29 is 19.1 Å². The summed E-state index contributed by atoms with van der Waals surface area (Å²) < 4.78 is 11.2. The lowest BCUT2D eigenvalue weighted by Gasteiger charge is -2.16. The van der Waals surface area contributed by atoms with E-state index < -0.39 is 11.9 Å². The van der Waals surface area contributed by atoms with Crippen LogP contribution in [0.4, 0.5) is 5.69 Å². The highest BCUT2D eigenvalue weighted by atomic mass is 35.5. The van der Waals surface area contributed by atoms with E-state index in [0.717, 1.165) is 5.39 Å². The molecule has 0 heterocycles. The quantitative estimate of drug-likeness (QED) is 0.312. The predicted octanol–water partition coefficient (Wildman–Crippen LogP) is 5.97. The van der Waals surface area contributed by atoms with Gasteiger partial charge in [0.1, 0.15) is 5.75 Å². The van der Waals surface area contributed by atoms with E-state index in [1.807, 2.05) is 18.2 Å². The second-order valence-corrected chi connectivity index (χ2v) is 7.10. The van der Waals surface area contributed by atoms with Crippen LogP contribution in [0.25, 0.3) is 10.8 Å². The number of nitrogens with one attached hydrogen (secondary N) is 1. The zero-order valence-corrected chi connectivity index (χ0v) is 17.3. The maximum absolute atomic E-state index is 13.2. The molecule has 0 saturated carbocycles. The Morgan fingerprint density at radius 2 is 1.48 bits per heavy atom. The highest BCUT2D eigenvalue weighted by Crippen LogP contribution is 2.38. The zero-order valence-electron chi connectivity index (χ0n) is 16.6. The van der Waals surface area contributed by atoms with Crippen LogP contribution in [0.5, 0.6) is 11.5 Å². The number of carbonyl (C=O) groups excluding carboxylic acids is 2. The van der Waals surface area contributed by atoms with Gasteiger partial charge in [0, 0.05) is 10.8 Å². The maximum Gasteiger partial charge on any atom is 0.343 e. The van der Waals surface area contributed by atoms with Gasteiger partial charge in [0.15, 0.2) is 5.75 Å². The van der Waals surface area contributed by atoms with E-state index in [1.54, 1.807) is 66.7 Å². The first-order valence-corrected chi connectivity index (χ1v) is 9.89. The topological polar surface area (TPSA) is 64.6 Å². The molecular weight excluding hydrogens is 414 g/mol. The third-order valence-corrected chi connectivity index (χ3v) is 5.08. The molecule has 0 aliphatic rings. The molecule has 4 aromatic rings. The average Bonchev–Trinajstić information content (AvgIpc) is 2.81. The first-order chi connectivity index (χ1) is 15.1. The highest BCUT2D eigenvalue weighted by Gasteiger charge is 2.22. The van der Waals surface area contributed by atoms with Crippen molar-refractivity contribution in [2.75, 3.05) is 12.4 Å². The van der Waals surface area contributed by atoms with E-state index in [4.69, 9.17) is 21.1 Å². The Bertz CT molecular complexity index is 1270. The van der Waals surface area contributed by atoms with Crippen LogP contribution in [0.15, 0.2) is 84.9 Å². The fraction of sp³-hybridized carbons (Fsp3) is 0.0400. The molecule has 0 aliphatic carbocycles. The fourth-order valence-electron chi connectivity index (χ4n) is 3.24. The molecule has 0 atom stereocenters. The van der Waals surface area contributed by atoms with Crippen LogP contribution in [0.1, 0.15) is 20.7 Å². The van der Waals surface area contributed by atoms with Crippen LogP contribution in [-0.2, 0) is 0 Å². The Hall–Kier alpha value is -3.83. The summed E-state index contributed by atoms with van der Waals surface area (Å²) in [4.78, 5) is 26.0. The van der Waals surface area contributed by atoms with Gasteiger partial charge in [0.25, 0.3) is 5.91 Å². The maximum atomic E-state index is 13.2. The molecule has 154 valence electrons. The second-order valence-electron chi connectivity index (χ2n) is 6.69. The third-order valence-electron chi connectivity index (χ3n) is 4.75. The van der Waals surface area contributed by atoms with E-state index in [-0.39, 0.29) is 11.3 Å². The van der Waals surface area contributed by atoms with Crippen LogP contribution in [0.2, 0.25) is 5.02 Å². The van der Waals surface area contributed by atoms with Crippen LogP contribution in [0.3, 0.4) is 0 Å². The second kappa shape index (κ2) is 8.90. The van der Waals surface area contributed by atoms with E-state index >= 15 is 0 Å². The molecule has 31 heavy (non-hydrogen) atoms. The molecule has 1 N–H and O–H groups in total. The summed E-state index contributed by atoms with van der Waals surface area (Å²) >= 11 is 6.19. The van der Waals surface area contributed by atoms with Crippen LogP contribution in [-0.4, -0.2) is 19.0 Å². The van der Waals surface area contributed by atoms with Crippen molar-refractivity contribution in [3.8, 4) is 11.5 Å². The van der Waals surface area contributed by atoms with Crippen molar-refractivity contribution in [2.45, 2.75) is 0 Å². The Kier molecular flexibility index (Phi) is 5.87. The minimum absolute atomic E-state index is 0.148. The molecule has 4 aromatic carbocycles. The minimum Gasteiger partial charge on any atom is -0.496 e.